The zero-order valence-electron chi connectivity index (χ0n) is 24.9. The molecule has 4 rings (SSSR count). The number of nitrogens with zero attached hydrogens (tertiary/aromatic N) is 1. The fourth-order valence-electron chi connectivity index (χ4n) is 5.18. The zero-order valence-corrected chi connectivity index (χ0v) is 24.9. The number of hydrogen-bond acceptors (Lipinski definition) is 4. The molecule has 0 aliphatic carbocycles. The second-order valence-corrected chi connectivity index (χ2v) is 11.1. The van der Waals surface area contributed by atoms with E-state index < -0.39 is 11.9 Å². The van der Waals surface area contributed by atoms with Crippen LogP contribution in [0.2, 0.25) is 0 Å². The Balaban J connectivity index is 1.44. The fourth-order valence-corrected chi connectivity index (χ4v) is 5.18. The van der Waals surface area contributed by atoms with Gasteiger partial charge in [-0.1, -0.05) is 91.3 Å². The number of rotatable bonds is 18. The van der Waals surface area contributed by atoms with E-state index in [1.54, 1.807) is 18.2 Å². The number of hydrogen-bond donors (Lipinski definition) is 2. The molecule has 44 heavy (non-hydrogen) atoms. The quantitative estimate of drug-likeness (QED) is 0.114. The van der Waals surface area contributed by atoms with Gasteiger partial charge in [0.25, 0.3) is 0 Å². The number of carboxylic acids is 2. The average Bonchev–Trinajstić information content (AvgIpc) is 3.03. The third-order valence-electron chi connectivity index (χ3n) is 7.67. The summed E-state index contributed by atoms with van der Waals surface area (Å²) in [6, 6.07) is 32.2. The molecular weight excluding hydrogens is 557 g/mol. The summed E-state index contributed by atoms with van der Waals surface area (Å²) in [4.78, 5) is 24.5. The van der Waals surface area contributed by atoms with Crippen molar-refractivity contribution in [2.24, 2.45) is 0 Å². The van der Waals surface area contributed by atoms with Crippen molar-refractivity contribution in [3.63, 3.8) is 0 Å². The van der Waals surface area contributed by atoms with Crippen LogP contribution in [0.4, 0.5) is 4.39 Å². The average molecular weight is 598 g/mol. The van der Waals surface area contributed by atoms with Crippen LogP contribution in [-0.4, -0.2) is 40.1 Å². The van der Waals surface area contributed by atoms with E-state index in [4.69, 9.17) is 9.84 Å². The second-order valence-electron chi connectivity index (χ2n) is 11.1. The molecule has 4 aromatic carbocycles. The predicted octanol–water partition coefficient (Wildman–Crippen LogP) is 7.71. The van der Waals surface area contributed by atoms with E-state index >= 15 is 4.39 Å². The number of aromatic carboxylic acids is 1. The number of halogens is 1. The third-order valence-corrected chi connectivity index (χ3v) is 7.67. The van der Waals surface area contributed by atoms with E-state index in [-0.39, 0.29) is 30.5 Å². The molecule has 0 aliphatic heterocycles. The summed E-state index contributed by atoms with van der Waals surface area (Å²) < 4.78 is 21.6. The van der Waals surface area contributed by atoms with Crippen LogP contribution in [0.5, 0.6) is 0 Å². The lowest BCUT2D eigenvalue weighted by molar-refractivity contribution is -0.137. The molecule has 1 atom stereocenters. The highest BCUT2D eigenvalue weighted by Gasteiger charge is 2.19. The molecule has 230 valence electrons. The van der Waals surface area contributed by atoms with E-state index in [9.17, 15) is 14.7 Å². The zero-order chi connectivity index (χ0) is 31.1. The smallest absolute Gasteiger partial charge is 0.335 e. The van der Waals surface area contributed by atoms with Crippen molar-refractivity contribution < 1.29 is 28.9 Å². The summed E-state index contributed by atoms with van der Waals surface area (Å²) in [5.41, 5.74) is 4.83. The van der Waals surface area contributed by atoms with Gasteiger partial charge in [0, 0.05) is 25.1 Å². The van der Waals surface area contributed by atoms with Crippen LogP contribution in [-0.2, 0) is 35.5 Å². The van der Waals surface area contributed by atoms with Gasteiger partial charge in [-0.25, -0.2) is 9.18 Å². The van der Waals surface area contributed by atoms with Crippen molar-refractivity contribution in [1.29, 1.82) is 0 Å². The highest BCUT2D eigenvalue weighted by Crippen LogP contribution is 2.24. The van der Waals surface area contributed by atoms with E-state index in [1.165, 1.54) is 5.56 Å². The highest BCUT2D eigenvalue weighted by atomic mass is 19.1. The van der Waals surface area contributed by atoms with Gasteiger partial charge in [0.15, 0.2) is 0 Å². The molecule has 0 radical (unpaired) electrons. The molecule has 0 saturated carbocycles. The van der Waals surface area contributed by atoms with Gasteiger partial charge in [-0.15, -0.1) is 0 Å². The summed E-state index contributed by atoms with van der Waals surface area (Å²) >= 11 is 0. The Hall–Kier alpha value is -4.33. The first kappa shape index (κ1) is 32.6. The number of aliphatic carboxylic acids is 1. The fraction of sp³-hybridized carbons (Fsp3) is 0.297. The maximum Gasteiger partial charge on any atom is 0.335 e. The molecular formula is C37H40FNO5. The lowest BCUT2D eigenvalue weighted by Gasteiger charge is -2.28. The molecule has 2 N–H and O–H groups in total. The van der Waals surface area contributed by atoms with Crippen LogP contribution >= 0.6 is 0 Å². The first-order chi connectivity index (χ1) is 21.4. The lowest BCUT2D eigenvalue weighted by atomic mass is 10.0. The molecule has 0 saturated heterocycles. The minimum absolute atomic E-state index is 0.115. The molecule has 0 heterocycles. The van der Waals surface area contributed by atoms with E-state index in [2.05, 4.69) is 17.0 Å². The van der Waals surface area contributed by atoms with E-state index in [0.717, 1.165) is 42.4 Å². The molecule has 0 aliphatic rings. The van der Waals surface area contributed by atoms with Crippen LogP contribution in [0.25, 0.3) is 0 Å². The van der Waals surface area contributed by atoms with Crippen molar-refractivity contribution in [3.05, 3.63) is 142 Å². The van der Waals surface area contributed by atoms with Crippen LogP contribution in [0, 0.1) is 5.82 Å². The Bertz CT molecular complexity index is 1460. The number of carbonyl (C=O) groups is 2. The van der Waals surface area contributed by atoms with E-state index in [1.807, 2.05) is 72.8 Å². The Morgan fingerprint density at radius 3 is 2.07 bits per heavy atom. The molecule has 0 aromatic heterocycles. The Morgan fingerprint density at radius 2 is 1.41 bits per heavy atom. The van der Waals surface area contributed by atoms with Gasteiger partial charge in [-0.3, -0.25) is 9.69 Å². The van der Waals surface area contributed by atoms with Crippen LogP contribution < -0.4 is 0 Å². The first-order valence-electron chi connectivity index (χ1n) is 15.1. The first-order valence-corrected chi connectivity index (χ1v) is 15.1. The molecule has 7 heteroatoms. The van der Waals surface area contributed by atoms with Gasteiger partial charge >= 0.3 is 11.9 Å². The molecule has 4 aromatic rings. The number of benzene rings is 4. The molecule has 0 fully saturated rings. The van der Waals surface area contributed by atoms with Crippen molar-refractivity contribution in [2.75, 3.05) is 13.1 Å². The molecule has 6 nitrogen and oxygen atoms in total. The normalized spacial score (nSPS) is 11.9. The second kappa shape index (κ2) is 17.1. The van der Waals surface area contributed by atoms with Crippen molar-refractivity contribution in [1.82, 2.24) is 4.90 Å². The Kier molecular flexibility index (Phi) is 12.7. The predicted molar refractivity (Wildman–Crippen MR) is 169 cm³/mol. The molecule has 0 bridgehead atoms. The van der Waals surface area contributed by atoms with Gasteiger partial charge in [0.05, 0.1) is 18.3 Å². The molecule has 0 spiro atoms. The van der Waals surface area contributed by atoms with Crippen molar-refractivity contribution in [3.8, 4) is 0 Å². The number of carboxylic acid groups (broad SMARTS) is 2. The summed E-state index contributed by atoms with van der Waals surface area (Å²) in [6.07, 6.45) is 3.59. The minimum Gasteiger partial charge on any atom is -0.481 e. The van der Waals surface area contributed by atoms with E-state index in [0.29, 0.717) is 31.6 Å². The van der Waals surface area contributed by atoms with Gasteiger partial charge in [0.1, 0.15) is 5.82 Å². The number of ether oxygens (including phenoxy) is 1. The summed E-state index contributed by atoms with van der Waals surface area (Å²) in [5.74, 6) is -2.05. The third kappa shape index (κ3) is 10.7. The van der Waals surface area contributed by atoms with Gasteiger partial charge < -0.3 is 14.9 Å². The SMILES string of the molecule is O=C(O)CCCCCN(Cc1ccc(C(=O)O)cc1)CC(OCc1ccc(CCc2ccccc2)cc1F)c1ccccc1. The Labute approximate surface area is 258 Å². The maximum atomic E-state index is 15.2. The van der Waals surface area contributed by atoms with Crippen LogP contribution in [0.15, 0.2) is 103 Å². The molecule has 1 unspecified atom stereocenters. The number of unbranched alkanes of at least 4 members (excludes halogenated alkanes) is 2. The topological polar surface area (TPSA) is 87.1 Å². The molecule has 0 amide bonds. The highest BCUT2D eigenvalue weighted by molar-refractivity contribution is 5.87. The standard InChI is InChI=1S/C37H40FNO5/c38-34-24-29(16-15-28-10-4-1-5-11-28)17-22-33(34)27-44-35(31-12-6-2-7-13-31)26-39(23-9-3-8-14-36(40)41)25-30-18-20-32(21-19-30)37(42)43/h1-2,4-7,10-13,17-22,24,35H,3,8-9,14-16,23,25-27H2,(H,40,41)(H,42,43). The van der Waals surface area contributed by atoms with Gasteiger partial charge in [0.2, 0.25) is 0 Å². The van der Waals surface area contributed by atoms with Crippen LogP contribution in [0.3, 0.4) is 0 Å². The van der Waals surface area contributed by atoms with Gasteiger partial charge in [-0.05, 0) is 72.7 Å². The summed E-state index contributed by atoms with van der Waals surface area (Å²) in [5, 5.41) is 18.3. The summed E-state index contributed by atoms with van der Waals surface area (Å²) in [6.45, 7) is 1.91. The van der Waals surface area contributed by atoms with Gasteiger partial charge in [-0.2, -0.15) is 0 Å². The number of aryl methyl sites for hydroxylation is 2. The van der Waals surface area contributed by atoms with Crippen molar-refractivity contribution in [2.45, 2.75) is 57.8 Å². The largest absolute Gasteiger partial charge is 0.481 e. The van der Waals surface area contributed by atoms with Crippen molar-refractivity contribution >= 4 is 11.9 Å². The van der Waals surface area contributed by atoms with Crippen LogP contribution in [0.1, 0.15) is 70.0 Å². The summed E-state index contributed by atoms with van der Waals surface area (Å²) in [7, 11) is 0. The minimum atomic E-state index is -0.971. The monoisotopic (exact) mass is 597 g/mol. The maximum absolute atomic E-state index is 15.2. The lowest BCUT2D eigenvalue weighted by Crippen LogP contribution is -2.30. The Morgan fingerprint density at radius 1 is 0.750 bits per heavy atom.